The van der Waals surface area contributed by atoms with Crippen molar-refractivity contribution in [2.75, 3.05) is 40.6 Å². The molecule has 1 fully saturated rings. The molecule has 0 saturated carbocycles. The highest BCUT2D eigenvalue weighted by Crippen LogP contribution is 2.26. The third-order valence-electron chi connectivity index (χ3n) is 5.09. The number of piperidine rings is 1. The van der Waals surface area contributed by atoms with Crippen molar-refractivity contribution in [2.24, 2.45) is 5.92 Å². The highest BCUT2D eigenvalue weighted by Gasteiger charge is 2.29. The van der Waals surface area contributed by atoms with Crippen LogP contribution in [-0.2, 0) is 20.8 Å². The average Bonchev–Trinajstić information content (AvgIpc) is 2.72. The number of benzene rings is 1. The molecule has 1 saturated heterocycles. The molecule has 1 amide bonds. The smallest absolute Gasteiger partial charge is 0.410 e. The van der Waals surface area contributed by atoms with Crippen molar-refractivity contribution >= 4 is 6.09 Å². The zero-order valence-electron chi connectivity index (χ0n) is 16.7. The average molecular weight is 379 g/mol. The standard InChI is InChI=1S/C21H34N2O4/c1-22-13-7-6-10-20(27-17-25-2)19-11-14-23(15-12-19)21(24)26-16-18-8-4-3-5-9-18/h3-5,8-9,19-20,22H,6-7,10-17H2,1-2H3. The van der Waals surface area contributed by atoms with Crippen molar-refractivity contribution in [1.29, 1.82) is 0 Å². The van der Waals surface area contributed by atoms with Crippen LogP contribution in [-0.4, -0.2) is 57.7 Å². The van der Waals surface area contributed by atoms with Gasteiger partial charge in [0.05, 0.1) is 6.10 Å². The number of unbranched alkanes of at least 4 members (excludes halogenated alkanes) is 1. The van der Waals surface area contributed by atoms with E-state index in [1.807, 2.05) is 42.3 Å². The molecule has 27 heavy (non-hydrogen) atoms. The van der Waals surface area contributed by atoms with Gasteiger partial charge in [0, 0.05) is 20.2 Å². The summed E-state index contributed by atoms with van der Waals surface area (Å²) in [6, 6.07) is 9.78. The van der Waals surface area contributed by atoms with Crippen molar-refractivity contribution in [3.8, 4) is 0 Å². The van der Waals surface area contributed by atoms with Crippen LogP contribution in [0.2, 0.25) is 0 Å². The van der Waals surface area contributed by atoms with Gasteiger partial charge in [0.2, 0.25) is 0 Å². The first-order valence-corrected chi connectivity index (χ1v) is 9.95. The lowest BCUT2D eigenvalue weighted by Crippen LogP contribution is -2.42. The first kappa shape index (κ1) is 21.7. The number of ether oxygens (including phenoxy) is 3. The van der Waals surface area contributed by atoms with Crippen molar-refractivity contribution in [2.45, 2.75) is 44.8 Å². The SMILES string of the molecule is CNCCCCC(OCOC)C1CCN(C(=O)OCc2ccccc2)CC1. The number of methoxy groups -OCH3 is 1. The van der Waals surface area contributed by atoms with Gasteiger partial charge < -0.3 is 24.4 Å². The number of hydrogen-bond donors (Lipinski definition) is 1. The molecule has 1 aromatic carbocycles. The molecule has 0 radical (unpaired) electrons. The molecule has 1 heterocycles. The summed E-state index contributed by atoms with van der Waals surface area (Å²) in [5.41, 5.74) is 1.01. The van der Waals surface area contributed by atoms with Crippen LogP contribution in [0.25, 0.3) is 0 Å². The molecule has 6 nitrogen and oxygen atoms in total. The Morgan fingerprint density at radius 1 is 1.22 bits per heavy atom. The Bertz CT molecular complexity index is 518. The maximum Gasteiger partial charge on any atom is 0.410 e. The third kappa shape index (κ3) is 7.87. The summed E-state index contributed by atoms with van der Waals surface area (Å²) in [5, 5.41) is 3.18. The monoisotopic (exact) mass is 378 g/mol. The third-order valence-corrected chi connectivity index (χ3v) is 5.09. The highest BCUT2D eigenvalue weighted by molar-refractivity contribution is 5.67. The Labute approximate surface area is 163 Å². The number of rotatable bonds is 11. The lowest BCUT2D eigenvalue weighted by Gasteiger charge is -2.35. The molecular weight excluding hydrogens is 344 g/mol. The summed E-state index contributed by atoms with van der Waals surface area (Å²) in [5.74, 6) is 0.466. The fourth-order valence-corrected chi connectivity index (χ4v) is 3.52. The van der Waals surface area contributed by atoms with Crippen LogP contribution in [0.5, 0.6) is 0 Å². The number of amides is 1. The Balaban J connectivity index is 1.74. The molecule has 0 aromatic heterocycles. The predicted octanol–water partition coefficient (Wildman–Crippen LogP) is 3.41. The Kier molecular flexibility index (Phi) is 10.2. The van der Waals surface area contributed by atoms with E-state index >= 15 is 0 Å². The molecule has 2 rings (SSSR count). The zero-order valence-corrected chi connectivity index (χ0v) is 16.7. The van der Waals surface area contributed by atoms with Gasteiger partial charge in [0.15, 0.2) is 0 Å². The van der Waals surface area contributed by atoms with E-state index in [1.165, 1.54) is 0 Å². The van der Waals surface area contributed by atoms with Crippen LogP contribution >= 0.6 is 0 Å². The van der Waals surface area contributed by atoms with Gasteiger partial charge in [-0.1, -0.05) is 30.3 Å². The van der Waals surface area contributed by atoms with Crippen molar-refractivity contribution < 1.29 is 19.0 Å². The molecule has 0 bridgehead atoms. The lowest BCUT2D eigenvalue weighted by atomic mass is 9.88. The first-order chi connectivity index (χ1) is 13.2. The Morgan fingerprint density at radius 2 is 1.96 bits per heavy atom. The summed E-state index contributed by atoms with van der Waals surface area (Å²) in [7, 11) is 3.63. The van der Waals surface area contributed by atoms with E-state index in [0.29, 0.717) is 19.3 Å². The molecule has 1 aliphatic heterocycles. The molecular formula is C21H34N2O4. The fourth-order valence-electron chi connectivity index (χ4n) is 3.52. The van der Waals surface area contributed by atoms with Crippen LogP contribution < -0.4 is 5.32 Å². The summed E-state index contributed by atoms with van der Waals surface area (Å²) >= 11 is 0. The normalized spacial score (nSPS) is 16.3. The summed E-state index contributed by atoms with van der Waals surface area (Å²) < 4.78 is 16.5. The molecule has 0 spiro atoms. The van der Waals surface area contributed by atoms with Crippen molar-refractivity contribution in [3.63, 3.8) is 0 Å². The number of hydrogen-bond acceptors (Lipinski definition) is 5. The van der Waals surface area contributed by atoms with Crippen LogP contribution in [0.4, 0.5) is 4.79 Å². The van der Waals surface area contributed by atoms with E-state index in [-0.39, 0.29) is 12.2 Å². The number of nitrogens with one attached hydrogen (secondary N) is 1. The largest absolute Gasteiger partial charge is 0.445 e. The number of nitrogens with zero attached hydrogens (tertiary/aromatic N) is 1. The topological polar surface area (TPSA) is 60.0 Å². The van der Waals surface area contributed by atoms with E-state index < -0.39 is 0 Å². The number of carbonyl (C=O) groups is 1. The van der Waals surface area contributed by atoms with Gasteiger partial charge >= 0.3 is 6.09 Å². The quantitative estimate of drug-likeness (QED) is 0.472. The summed E-state index contributed by atoms with van der Waals surface area (Å²) in [4.78, 5) is 14.1. The molecule has 6 heteroatoms. The van der Waals surface area contributed by atoms with Gasteiger partial charge in [-0.15, -0.1) is 0 Å². The van der Waals surface area contributed by atoms with Gasteiger partial charge in [-0.3, -0.25) is 0 Å². The first-order valence-electron chi connectivity index (χ1n) is 9.95. The van der Waals surface area contributed by atoms with E-state index in [9.17, 15) is 4.79 Å². The van der Waals surface area contributed by atoms with Gasteiger partial charge in [0.1, 0.15) is 13.4 Å². The molecule has 1 aliphatic rings. The second-order valence-electron chi connectivity index (χ2n) is 7.08. The number of likely N-dealkylation sites (tertiary alicyclic amines) is 1. The molecule has 1 N–H and O–H groups in total. The zero-order chi connectivity index (χ0) is 19.3. The maximum atomic E-state index is 12.3. The van der Waals surface area contributed by atoms with Crippen LogP contribution in [0.15, 0.2) is 30.3 Å². The second-order valence-corrected chi connectivity index (χ2v) is 7.08. The van der Waals surface area contributed by atoms with Crippen molar-refractivity contribution in [3.05, 3.63) is 35.9 Å². The minimum absolute atomic E-state index is 0.198. The van der Waals surface area contributed by atoms with Crippen LogP contribution in [0.3, 0.4) is 0 Å². The molecule has 1 atom stereocenters. The molecule has 0 aliphatic carbocycles. The van der Waals surface area contributed by atoms with E-state index in [0.717, 1.165) is 57.3 Å². The van der Waals surface area contributed by atoms with Gasteiger partial charge in [0.25, 0.3) is 0 Å². The fraction of sp³-hybridized carbons (Fsp3) is 0.667. The molecule has 1 unspecified atom stereocenters. The summed E-state index contributed by atoms with van der Waals surface area (Å²) in [6.45, 7) is 3.13. The van der Waals surface area contributed by atoms with Crippen LogP contribution in [0, 0.1) is 5.92 Å². The van der Waals surface area contributed by atoms with E-state index in [2.05, 4.69) is 5.32 Å². The van der Waals surface area contributed by atoms with E-state index in [1.54, 1.807) is 7.11 Å². The van der Waals surface area contributed by atoms with E-state index in [4.69, 9.17) is 14.2 Å². The minimum Gasteiger partial charge on any atom is -0.445 e. The summed E-state index contributed by atoms with van der Waals surface area (Å²) in [6.07, 6.45) is 5.18. The van der Waals surface area contributed by atoms with Crippen molar-refractivity contribution in [1.82, 2.24) is 10.2 Å². The Hall–Kier alpha value is -1.63. The van der Waals surface area contributed by atoms with Gasteiger partial charge in [-0.25, -0.2) is 4.79 Å². The maximum absolute atomic E-state index is 12.3. The predicted molar refractivity (Wildman–Crippen MR) is 105 cm³/mol. The highest BCUT2D eigenvalue weighted by atomic mass is 16.7. The minimum atomic E-state index is -0.222. The van der Waals surface area contributed by atoms with Gasteiger partial charge in [-0.05, 0) is 57.2 Å². The molecule has 152 valence electrons. The Morgan fingerprint density at radius 3 is 2.63 bits per heavy atom. The number of carbonyl (C=O) groups excluding carboxylic acids is 1. The second kappa shape index (κ2) is 12.7. The van der Waals surface area contributed by atoms with Crippen LogP contribution in [0.1, 0.15) is 37.7 Å². The molecule has 1 aromatic rings. The lowest BCUT2D eigenvalue weighted by molar-refractivity contribution is -0.101. The van der Waals surface area contributed by atoms with Gasteiger partial charge in [-0.2, -0.15) is 0 Å².